The first-order valence-corrected chi connectivity index (χ1v) is 6.53. The SMILES string of the molecule is NC(CCN1CCC(CO)C1)c1cccc(F)c1. The third kappa shape index (κ3) is 3.51. The second-order valence-corrected chi connectivity index (χ2v) is 5.09. The lowest BCUT2D eigenvalue weighted by molar-refractivity contribution is 0.220. The summed E-state index contributed by atoms with van der Waals surface area (Å²) in [5.74, 6) is 0.180. The Hall–Kier alpha value is -0.970. The molecule has 3 nitrogen and oxygen atoms in total. The molecular formula is C14H21FN2O. The second-order valence-electron chi connectivity index (χ2n) is 5.09. The van der Waals surface area contributed by atoms with E-state index in [1.807, 2.05) is 6.07 Å². The first-order valence-electron chi connectivity index (χ1n) is 6.53. The zero-order valence-electron chi connectivity index (χ0n) is 10.6. The van der Waals surface area contributed by atoms with Crippen molar-refractivity contribution in [1.29, 1.82) is 0 Å². The fourth-order valence-corrected chi connectivity index (χ4v) is 2.49. The van der Waals surface area contributed by atoms with E-state index in [4.69, 9.17) is 10.8 Å². The third-order valence-corrected chi connectivity index (χ3v) is 3.66. The molecule has 1 aliphatic heterocycles. The molecule has 2 rings (SSSR count). The molecule has 2 unspecified atom stereocenters. The van der Waals surface area contributed by atoms with Gasteiger partial charge >= 0.3 is 0 Å². The van der Waals surface area contributed by atoms with Crippen LogP contribution in [-0.4, -0.2) is 36.2 Å². The highest BCUT2D eigenvalue weighted by molar-refractivity contribution is 5.19. The first-order chi connectivity index (χ1) is 8.69. The Balaban J connectivity index is 1.80. The molecule has 100 valence electrons. The van der Waals surface area contributed by atoms with Crippen LogP contribution in [0.3, 0.4) is 0 Å². The third-order valence-electron chi connectivity index (χ3n) is 3.66. The van der Waals surface area contributed by atoms with Gasteiger partial charge in [0.25, 0.3) is 0 Å². The predicted molar refractivity (Wildman–Crippen MR) is 69.6 cm³/mol. The molecule has 0 aromatic heterocycles. The van der Waals surface area contributed by atoms with Crippen molar-refractivity contribution < 1.29 is 9.50 Å². The van der Waals surface area contributed by atoms with Gasteiger partial charge in [0.15, 0.2) is 0 Å². The number of nitrogens with two attached hydrogens (primary N) is 1. The number of hydrogen-bond donors (Lipinski definition) is 2. The lowest BCUT2D eigenvalue weighted by Crippen LogP contribution is -2.26. The molecule has 0 amide bonds. The number of benzene rings is 1. The van der Waals surface area contributed by atoms with E-state index in [1.54, 1.807) is 6.07 Å². The van der Waals surface area contributed by atoms with Gasteiger partial charge in [0, 0.05) is 19.2 Å². The molecule has 1 saturated heterocycles. The number of rotatable bonds is 5. The van der Waals surface area contributed by atoms with E-state index >= 15 is 0 Å². The van der Waals surface area contributed by atoms with Gasteiger partial charge < -0.3 is 15.7 Å². The fraction of sp³-hybridized carbons (Fsp3) is 0.571. The van der Waals surface area contributed by atoms with E-state index < -0.39 is 0 Å². The molecule has 0 bridgehead atoms. The quantitative estimate of drug-likeness (QED) is 0.835. The monoisotopic (exact) mass is 252 g/mol. The van der Waals surface area contributed by atoms with E-state index in [2.05, 4.69) is 4.90 Å². The van der Waals surface area contributed by atoms with Gasteiger partial charge in [-0.1, -0.05) is 12.1 Å². The highest BCUT2D eigenvalue weighted by Gasteiger charge is 2.21. The summed E-state index contributed by atoms with van der Waals surface area (Å²) >= 11 is 0. The molecule has 0 aliphatic carbocycles. The molecule has 1 aromatic carbocycles. The predicted octanol–water partition coefficient (Wildman–Crippen LogP) is 1.53. The smallest absolute Gasteiger partial charge is 0.123 e. The molecule has 1 aromatic rings. The van der Waals surface area contributed by atoms with Crippen molar-refractivity contribution in [3.05, 3.63) is 35.6 Å². The van der Waals surface area contributed by atoms with Crippen molar-refractivity contribution in [2.75, 3.05) is 26.2 Å². The summed E-state index contributed by atoms with van der Waals surface area (Å²) in [5, 5.41) is 9.08. The average molecular weight is 252 g/mol. The number of likely N-dealkylation sites (tertiary alicyclic amines) is 1. The lowest BCUT2D eigenvalue weighted by atomic mass is 10.0. The van der Waals surface area contributed by atoms with E-state index in [0.29, 0.717) is 5.92 Å². The van der Waals surface area contributed by atoms with Gasteiger partial charge in [-0.25, -0.2) is 4.39 Å². The van der Waals surface area contributed by atoms with Crippen molar-refractivity contribution in [3.63, 3.8) is 0 Å². The van der Waals surface area contributed by atoms with Gasteiger partial charge in [0.05, 0.1) is 0 Å². The maximum atomic E-state index is 13.1. The topological polar surface area (TPSA) is 49.5 Å². The molecule has 1 fully saturated rings. The largest absolute Gasteiger partial charge is 0.396 e. The molecule has 18 heavy (non-hydrogen) atoms. The van der Waals surface area contributed by atoms with Gasteiger partial charge in [-0.2, -0.15) is 0 Å². The Morgan fingerprint density at radius 2 is 2.33 bits per heavy atom. The minimum absolute atomic E-state index is 0.117. The van der Waals surface area contributed by atoms with Crippen LogP contribution >= 0.6 is 0 Å². The molecule has 0 saturated carbocycles. The first kappa shape index (κ1) is 13.5. The summed E-state index contributed by atoms with van der Waals surface area (Å²) in [5.41, 5.74) is 6.92. The summed E-state index contributed by atoms with van der Waals surface area (Å²) in [7, 11) is 0. The van der Waals surface area contributed by atoms with Crippen LogP contribution in [0.15, 0.2) is 24.3 Å². The summed E-state index contributed by atoms with van der Waals surface area (Å²) in [6, 6.07) is 6.39. The van der Waals surface area contributed by atoms with Crippen molar-refractivity contribution in [2.45, 2.75) is 18.9 Å². The molecule has 2 atom stereocenters. The second kappa shape index (κ2) is 6.27. The van der Waals surface area contributed by atoms with Crippen LogP contribution in [0, 0.1) is 11.7 Å². The average Bonchev–Trinajstić information content (AvgIpc) is 2.84. The maximum absolute atomic E-state index is 13.1. The molecule has 4 heteroatoms. The standard InChI is InChI=1S/C14H21FN2O/c15-13-3-1-2-12(8-13)14(16)5-7-17-6-4-11(9-17)10-18/h1-3,8,11,14,18H,4-7,9-10,16H2. The van der Waals surface area contributed by atoms with Crippen LogP contribution in [0.2, 0.25) is 0 Å². The van der Waals surface area contributed by atoms with Crippen LogP contribution < -0.4 is 5.73 Å². The van der Waals surface area contributed by atoms with Crippen LogP contribution in [0.4, 0.5) is 4.39 Å². The van der Waals surface area contributed by atoms with E-state index in [-0.39, 0.29) is 18.5 Å². The Labute approximate surface area is 107 Å². The van der Waals surface area contributed by atoms with Crippen LogP contribution in [0.1, 0.15) is 24.4 Å². The van der Waals surface area contributed by atoms with Gasteiger partial charge in [0.2, 0.25) is 0 Å². The zero-order valence-corrected chi connectivity index (χ0v) is 10.6. The summed E-state index contributed by atoms with van der Waals surface area (Å²) < 4.78 is 13.1. The number of nitrogens with zero attached hydrogens (tertiary/aromatic N) is 1. The van der Waals surface area contributed by atoms with Crippen LogP contribution in [0.5, 0.6) is 0 Å². The normalized spacial score (nSPS) is 22.3. The summed E-state index contributed by atoms with van der Waals surface area (Å²) in [6.45, 7) is 3.16. The number of halogens is 1. The molecular weight excluding hydrogens is 231 g/mol. The van der Waals surface area contributed by atoms with Crippen molar-refractivity contribution in [2.24, 2.45) is 11.7 Å². The maximum Gasteiger partial charge on any atom is 0.123 e. The lowest BCUT2D eigenvalue weighted by Gasteiger charge is -2.19. The number of aliphatic hydroxyl groups is 1. The minimum Gasteiger partial charge on any atom is -0.396 e. The highest BCUT2D eigenvalue weighted by atomic mass is 19.1. The molecule has 1 heterocycles. The van der Waals surface area contributed by atoms with Crippen molar-refractivity contribution in [3.8, 4) is 0 Å². The van der Waals surface area contributed by atoms with Gasteiger partial charge in [-0.15, -0.1) is 0 Å². The Morgan fingerprint density at radius 1 is 1.50 bits per heavy atom. The van der Waals surface area contributed by atoms with Crippen LogP contribution in [0.25, 0.3) is 0 Å². The molecule has 3 N–H and O–H groups in total. The van der Waals surface area contributed by atoms with Crippen molar-refractivity contribution >= 4 is 0 Å². The van der Waals surface area contributed by atoms with E-state index in [0.717, 1.165) is 38.0 Å². The summed E-state index contributed by atoms with van der Waals surface area (Å²) in [4.78, 5) is 2.32. The van der Waals surface area contributed by atoms with Crippen LogP contribution in [-0.2, 0) is 0 Å². The van der Waals surface area contributed by atoms with Crippen molar-refractivity contribution in [1.82, 2.24) is 4.90 Å². The van der Waals surface area contributed by atoms with Gasteiger partial charge in [-0.3, -0.25) is 0 Å². The molecule has 0 radical (unpaired) electrons. The van der Waals surface area contributed by atoms with E-state index in [9.17, 15) is 4.39 Å². The molecule has 1 aliphatic rings. The number of aliphatic hydroxyl groups excluding tert-OH is 1. The zero-order chi connectivity index (χ0) is 13.0. The van der Waals surface area contributed by atoms with E-state index in [1.165, 1.54) is 12.1 Å². The Bertz CT molecular complexity index is 386. The summed E-state index contributed by atoms with van der Waals surface area (Å²) in [6.07, 6.45) is 1.88. The Morgan fingerprint density at radius 3 is 3.00 bits per heavy atom. The fourth-order valence-electron chi connectivity index (χ4n) is 2.49. The highest BCUT2D eigenvalue weighted by Crippen LogP contribution is 2.19. The number of hydrogen-bond acceptors (Lipinski definition) is 3. The minimum atomic E-state index is -0.232. The molecule has 0 spiro atoms. The van der Waals surface area contributed by atoms with Gasteiger partial charge in [-0.05, 0) is 49.5 Å². The van der Waals surface area contributed by atoms with Gasteiger partial charge in [0.1, 0.15) is 5.82 Å². The Kier molecular flexibility index (Phi) is 4.69.